The van der Waals surface area contributed by atoms with Gasteiger partial charge in [-0.1, -0.05) is 0 Å². The minimum atomic E-state index is -0.984. The topological polar surface area (TPSA) is 71.4 Å². The molecule has 0 aromatic carbocycles. The summed E-state index contributed by atoms with van der Waals surface area (Å²) in [7, 11) is 0. The predicted octanol–water partition coefficient (Wildman–Crippen LogP) is 3.61. The van der Waals surface area contributed by atoms with Gasteiger partial charge in [0.15, 0.2) is 10.8 Å². The van der Waals surface area contributed by atoms with Crippen molar-refractivity contribution >= 4 is 11.3 Å². The summed E-state index contributed by atoms with van der Waals surface area (Å²) >= 11 is 1.55. The Morgan fingerprint density at radius 1 is 1.39 bits per heavy atom. The highest BCUT2D eigenvalue weighted by molar-refractivity contribution is 7.13. The number of nitrogens with one attached hydrogen (secondary N) is 1. The monoisotopic (exact) mass is 332 g/mol. The SMILES string of the molecule is Cc1cc(C(C)(O)CNCc2csc(-c3ccco3)n2)c(C)o1. The number of hydrogen-bond donors (Lipinski definition) is 2. The Balaban J connectivity index is 1.60. The molecule has 0 saturated carbocycles. The summed E-state index contributed by atoms with van der Waals surface area (Å²) in [5, 5.41) is 16.8. The van der Waals surface area contributed by atoms with Crippen LogP contribution in [0.4, 0.5) is 0 Å². The van der Waals surface area contributed by atoms with Crippen molar-refractivity contribution in [2.45, 2.75) is 32.9 Å². The van der Waals surface area contributed by atoms with Crippen LogP contribution in [-0.2, 0) is 12.1 Å². The highest BCUT2D eigenvalue weighted by Crippen LogP contribution is 2.27. The summed E-state index contributed by atoms with van der Waals surface area (Å²) in [6.07, 6.45) is 1.64. The molecule has 0 radical (unpaired) electrons. The molecule has 0 aliphatic heterocycles. The molecule has 0 saturated heterocycles. The molecule has 122 valence electrons. The van der Waals surface area contributed by atoms with Crippen LogP contribution in [0.15, 0.2) is 38.7 Å². The van der Waals surface area contributed by atoms with Gasteiger partial charge in [0.25, 0.3) is 0 Å². The van der Waals surface area contributed by atoms with E-state index in [2.05, 4.69) is 10.3 Å². The van der Waals surface area contributed by atoms with Crippen molar-refractivity contribution in [2.24, 2.45) is 0 Å². The van der Waals surface area contributed by atoms with Gasteiger partial charge < -0.3 is 19.3 Å². The molecular weight excluding hydrogens is 312 g/mol. The molecular formula is C17H20N2O3S. The van der Waals surface area contributed by atoms with Crippen molar-refractivity contribution in [1.82, 2.24) is 10.3 Å². The number of hydrogen-bond acceptors (Lipinski definition) is 6. The fraction of sp³-hybridized carbons (Fsp3) is 0.353. The average molecular weight is 332 g/mol. The van der Waals surface area contributed by atoms with Gasteiger partial charge >= 0.3 is 0 Å². The molecule has 6 heteroatoms. The van der Waals surface area contributed by atoms with Gasteiger partial charge in [0, 0.05) is 24.0 Å². The van der Waals surface area contributed by atoms with E-state index in [1.54, 1.807) is 24.5 Å². The van der Waals surface area contributed by atoms with Crippen molar-refractivity contribution in [2.75, 3.05) is 6.54 Å². The number of thiazole rings is 1. The molecule has 0 bridgehead atoms. The molecule has 1 unspecified atom stereocenters. The van der Waals surface area contributed by atoms with E-state index < -0.39 is 5.60 Å². The second-order valence-corrected chi connectivity index (χ2v) is 6.68. The molecule has 0 aliphatic rings. The van der Waals surface area contributed by atoms with E-state index in [1.165, 1.54) is 0 Å². The fourth-order valence-corrected chi connectivity index (χ4v) is 3.38. The molecule has 23 heavy (non-hydrogen) atoms. The first-order valence-electron chi connectivity index (χ1n) is 7.44. The molecule has 3 rings (SSSR count). The Kier molecular flexibility index (Phi) is 4.39. The number of aliphatic hydroxyl groups is 1. The van der Waals surface area contributed by atoms with Gasteiger partial charge in [-0.05, 0) is 39.0 Å². The number of nitrogens with zero attached hydrogens (tertiary/aromatic N) is 1. The predicted molar refractivity (Wildman–Crippen MR) is 89.3 cm³/mol. The molecule has 3 aromatic heterocycles. The van der Waals surface area contributed by atoms with Gasteiger partial charge in [0.2, 0.25) is 0 Å². The lowest BCUT2D eigenvalue weighted by Crippen LogP contribution is -2.35. The van der Waals surface area contributed by atoms with Crippen LogP contribution in [0.25, 0.3) is 10.8 Å². The van der Waals surface area contributed by atoms with E-state index >= 15 is 0 Å². The van der Waals surface area contributed by atoms with Crippen LogP contribution in [0.3, 0.4) is 0 Å². The Hall–Kier alpha value is -1.89. The third kappa shape index (κ3) is 3.55. The molecule has 5 nitrogen and oxygen atoms in total. The van der Waals surface area contributed by atoms with Gasteiger partial charge in [-0.2, -0.15) is 0 Å². The molecule has 0 aliphatic carbocycles. The maximum Gasteiger partial charge on any atom is 0.162 e. The van der Waals surface area contributed by atoms with E-state index in [0.717, 1.165) is 33.5 Å². The van der Waals surface area contributed by atoms with Gasteiger partial charge in [0.05, 0.1) is 12.0 Å². The first-order valence-corrected chi connectivity index (χ1v) is 8.32. The minimum Gasteiger partial charge on any atom is -0.466 e. The molecule has 1 atom stereocenters. The van der Waals surface area contributed by atoms with Crippen LogP contribution in [0.1, 0.15) is 29.7 Å². The maximum absolute atomic E-state index is 10.7. The third-order valence-corrected chi connectivity index (χ3v) is 4.59. The summed E-state index contributed by atoms with van der Waals surface area (Å²) in [4.78, 5) is 4.53. The quantitative estimate of drug-likeness (QED) is 0.721. The molecule has 0 fully saturated rings. The zero-order valence-corrected chi connectivity index (χ0v) is 14.2. The summed E-state index contributed by atoms with van der Waals surface area (Å²) in [5.74, 6) is 2.33. The second kappa shape index (κ2) is 6.31. The smallest absolute Gasteiger partial charge is 0.162 e. The zero-order valence-electron chi connectivity index (χ0n) is 13.4. The number of aromatic nitrogens is 1. The van der Waals surface area contributed by atoms with E-state index in [-0.39, 0.29) is 0 Å². The molecule has 0 amide bonds. The largest absolute Gasteiger partial charge is 0.466 e. The summed E-state index contributed by atoms with van der Waals surface area (Å²) in [6.45, 7) is 6.54. The van der Waals surface area contributed by atoms with Crippen molar-refractivity contribution in [3.05, 3.63) is 52.6 Å². The van der Waals surface area contributed by atoms with Gasteiger partial charge in [-0.15, -0.1) is 11.3 Å². The van der Waals surface area contributed by atoms with Crippen LogP contribution in [0.5, 0.6) is 0 Å². The Labute approximate surface area is 139 Å². The first kappa shape index (κ1) is 16.0. The normalized spacial score (nSPS) is 14.1. The van der Waals surface area contributed by atoms with E-state index in [0.29, 0.717) is 13.1 Å². The Morgan fingerprint density at radius 3 is 2.87 bits per heavy atom. The zero-order chi connectivity index (χ0) is 16.4. The number of furan rings is 2. The van der Waals surface area contributed by atoms with Gasteiger partial charge in [-0.3, -0.25) is 0 Å². The van der Waals surface area contributed by atoms with E-state index in [9.17, 15) is 5.11 Å². The number of aryl methyl sites for hydroxylation is 2. The Morgan fingerprint density at radius 2 is 2.22 bits per heavy atom. The van der Waals surface area contributed by atoms with Crippen LogP contribution in [0.2, 0.25) is 0 Å². The summed E-state index contributed by atoms with van der Waals surface area (Å²) in [6, 6.07) is 5.63. The molecule has 3 aromatic rings. The van der Waals surface area contributed by atoms with Crippen molar-refractivity contribution < 1.29 is 13.9 Å². The van der Waals surface area contributed by atoms with Gasteiger partial charge in [0.1, 0.15) is 17.1 Å². The highest BCUT2D eigenvalue weighted by Gasteiger charge is 2.27. The lowest BCUT2D eigenvalue weighted by molar-refractivity contribution is 0.0551. The van der Waals surface area contributed by atoms with Crippen LogP contribution in [0, 0.1) is 13.8 Å². The van der Waals surface area contributed by atoms with Crippen molar-refractivity contribution in [1.29, 1.82) is 0 Å². The molecule has 0 spiro atoms. The standard InChI is InChI=1S/C17H20N2O3S/c1-11-7-14(12(2)22-11)17(3,20)10-18-8-13-9-23-16(19-13)15-5-4-6-21-15/h4-7,9,18,20H,8,10H2,1-3H3. The van der Waals surface area contributed by atoms with Crippen molar-refractivity contribution in [3.8, 4) is 10.8 Å². The van der Waals surface area contributed by atoms with E-state index in [1.807, 2.05) is 37.4 Å². The van der Waals surface area contributed by atoms with Crippen LogP contribution < -0.4 is 5.32 Å². The molecule has 3 heterocycles. The van der Waals surface area contributed by atoms with Gasteiger partial charge in [-0.25, -0.2) is 4.98 Å². The first-order chi connectivity index (χ1) is 11.0. The summed E-state index contributed by atoms with van der Waals surface area (Å²) < 4.78 is 10.8. The summed E-state index contributed by atoms with van der Waals surface area (Å²) in [5.41, 5.74) is 0.760. The lowest BCUT2D eigenvalue weighted by Gasteiger charge is -2.23. The minimum absolute atomic E-state index is 0.417. The van der Waals surface area contributed by atoms with E-state index in [4.69, 9.17) is 8.83 Å². The highest BCUT2D eigenvalue weighted by atomic mass is 32.1. The third-order valence-electron chi connectivity index (χ3n) is 3.68. The fourth-order valence-electron chi connectivity index (χ4n) is 2.60. The maximum atomic E-state index is 10.7. The Bertz CT molecular complexity index is 772. The lowest BCUT2D eigenvalue weighted by atomic mass is 9.96. The number of rotatable bonds is 6. The van der Waals surface area contributed by atoms with Crippen molar-refractivity contribution in [3.63, 3.8) is 0 Å². The molecule has 2 N–H and O–H groups in total. The van der Waals surface area contributed by atoms with Crippen LogP contribution in [-0.4, -0.2) is 16.6 Å². The second-order valence-electron chi connectivity index (χ2n) is 5.83. The van der Waals surface area contributed by atoms with Crippen LogP contribution >= 0.6 is 11.3 Å². The average Bonchev–Trinajstić information content (AvgIpc) is 3.19.